The Labute approximate surface area is 246 Å². The smallest absolute Gasteiger partial charge is 0.271 e. The second kappa shape index (κ2) is 11.6. The van der Waals surface area contributed by atoms with Crippen molar-refractivity contribution in [3.8, 4) is 33.9 Å². The van der Waals surface area contributed by atoms with Crippen molar-refractivity contribution in [1.82, 2.24) is 14.6 Å². The van der Waals surface area contributed by atoms with E-state index in [2.05, 4.69) is 107 Å². The Morgan fingerprint density at radius 2 is 1.26 bits per heavy atom. The van der Waals surface area contributed by atoms with Crippen molar-refractivity contribution >= 4 is 12.1 Å². The van der Waals surface area contributed by atoms with Gasteiger partial charge in [0.15, 0.2) is 0 Å². The van der Waals surface area contributed by atoms with Gasteiger partial charge in [0, 0.05) is 33.9 Å². The van der Waals surface area contributed by atoms with E-state index in [4.69, 9.17) is 0 Å². The molecule has 0 aliphatic carbocycles. The quantitative estimate of drug-likeness (QED) is 0.158. The monoisotopic (exact) mass is 548 g/mol. The Hall–Kier alpha value is -5.42. The maximum Gasteiger partial charge on any atom is 0.271 e. The van der Waals surface area contributed by atoms with Gasteiger partial charge in [-0.05, 0) is 92.1 Å². The number of amides is 1. The summed E-state index contributed by atoms with van der Waals surface area (Å²) in [6.45, 7) is 6.22. The molecule has 2 heterocycles. The van der Waals surface area contributed by atoms with Crippen LogP contribution in [-0.2, 0) is 0 Å². The maximum atomic E-state index is 13.0. The van der Waals surface area contributed by atoms with Gasteiger partial charge in [-0.1, -0.05) is 72.8 Å². The number of benzene rings is 4. The topological polar surface area (TPSA) is 51.3 Å². The summed E-state index contributed by atoms with van der Waals surface area (Å²) in [4.78, 5) is 13.0. The van der Waals surface area contributed by atoms with Crippen LogP contribution in [0.2, 0.25) is 0 Å². The van der Waals surface area contributed by atoms with Gasteiger partial charge in [0.1, 0.15) is 0 Å². The summed E-state index contributed by atoms with van der Waals surface area (Å²) in [6, 6.07) is 43.1. The molecule has 0 saturated heterocycles. The second-order valence-electron chi connectivity index (χ2n) is 10.4. The predicted molar refractivity (Wildman–Crippen MR) is 172 cm³/mol. The van der Waals surface area contributed by atoms with Crippen LogP contribution < -0.4 is 5.43 Å². The van der Waals surface area contributed by atoms with E-state index in [1.165, 1.54) is 5.56 Å². The van der Waals surface area contributed by atoms with E-state index >= 15 is 0 Å². The molecule has 0 fully saturated rings. The number of hydrogen-bond donors (Lipinski definition) is 1. The van der Waals surface area contributed by atoms with E-state index in [1.807, 2.05) is 60.7 Å². The zero-order chi connectivity index (χ0) is 29.1. The van der Waals surface area contributed by atoms with Gasteiger partial charge in [-0.15, -0.1) is 0 Å². The first-order valence-electron chi connectivity index (χ1n) is 14.0. The summed E-state index contributed by atoms with van der Waals surface area (Å²) in [5.41, 5.74) is 14.1. The van der Waals surface area contributed by atoms with Crippen LogP contribution in [-0.4, -0.2) is 21.3 Å². The van der Waals surface area contributed by atoms with Gasteiger partial charge in [-0.2, -0.15) is 5.10 Å². The van der Waals surface area contributed by atoms with Gasteiger partial charge >= 0.3 is 0 Å². The number of nitrogens with zero attached hydrogens (tertiary/aromatic N) is 3. The molecule has 6 rings (SSSR count). The molecule has 0 unspecified atom stereocenters. The number of hydrogen-bond acceptors (Lipinski definition) is 2. The third-order valence-electron chi connectivity index (χ3n) is 7.51. The SMILES string of the molecule is Cc1cccc(-n2c(C)cc(C=NNC(=O)c3ccc(-n4c(-c5ccccc5)ccc4-c4ccccc4)cc3)c2C)c1. The molecule has 0 saturated carbocycles. The molecule has 1 N–H and O–H groups in total. The zero-order valence-corrected chi connectivity index (χ0v) is 24.0. The lowest BCUT2D eigenvalue weighted by atomic mass is 10.1. The average molecular weight is 549 g/mol. The lowest BCUT2D eigenvalue weighted by Gasteiger charge is -2.15. The molecule has 0 spiro atoms. The average Bonchev–Trinajstić information content (AvgIpc) is 3.58. The van der Waals surface area contributed by atoms with E-state index in [9.17, 15) is 4.79 Å². The first-order valence-corrected chi connectivity index (χ1v) is 14.0. The summed E-state index contributed by atoms with van der Waals surface area (Å²) < 4.78 is 4.43. The minimum absolute atomic E-state index is 0.260. The number of aromatic nitrogens is 2. The molecular weight excluding hydrogens is 516 g/mol. The van der Waals surface area contributed by atoms with E-state index < -0.39 is 0 Å². The fourth-order valence-electron chi connectivity index (χ4n) is 5.45. The van der Waals surface area contributed by atoms with E-state index in [1.54, 1.807) is 6.21 Å². The van der Waals surface area contributed by atoms with Crippen LogP contribution in [0.15, 0.2) is 132 Å². The Bertz CT molecular complexity index is 1820. The number of hydrazone groups is 1. The molecule has 0 atom stereocenters. The summed E-state index contributed by atoms with van der Waals surface area (Å²) in [6.07, 6.45) is 1.71. The Kier molecular flexibility index (Phi) is 7.39. The van der Waals surface area contributed by atoms with Crippen LogP contribution in [0, 0.1) is 20.8 Å². The van der Waals surface area contributed by atoms with Crippen molar-refractivity contribution < 1.29 is 4.79 Å². The van der Waals surface area contributed by atoms with Crippen molar-refractivity contribution in [2.45, 2.75) is 20.8 Å². The van der Waals surface area contributed by atoms with Crippen molar-refractivity contribution in [3.63, 3.8) is 0 Å². The fourth-order valence-corrected chi connectivity index (χ4v) is 5.45. The Balaban J connectivity index is 1.23. The highest BCUT2D eigenvalue weighted by molar-refractivity contribution is 5.95. The van der Waals surface area contributed by atoms with Gasteiger partial charge in [0.25, 0.3) is 5.91 Å². The van der Waals surface area contributed by atoms with Gasteiger partial charge in [-0.25, -0.2) is 5.43 Å². The molecule has 5 nitrogen and oxygen atoms in total. The van der Waals surface area contributed by atoms with Crippen LogP contribution in [0.1, 0.15) is 32.9 Å². The highest BCUT2D eigenvalue weighted by Crippen LogP contribution is 2.32. The Morgan fingerprint density at radius 1 is 0.643 bits per heavy atom. The third kappa shape index (κ3) is 5.32. The minimum Gasteiger partial charge on any atom is -0.318 e. The van der Waals surface area contributed by atoms with Crippen LogP contribution in [0.25, 0.3) is 33.9 Å². The summed E-state index contributed by atoms with van der Waals surface area (Å²) in [7, 11) is 0. The van der Waals surface area contributed by atoms with Crippen molar-refractivity contribution in [2.24, 2.45) is 5.10 Å². The number of aryl methyl sites for hydroxylation is 2. The number of nitrogens with one attached hydrogen (secondary N) is 1. The Morgan fingerprint density at radius 3 is 1.86 bits per heavy atom. The predicted octanol–water partition coefficient (Wildman–Crippen LogP) is 8.29. The molecule has 42 heavy (non-hydrogen) atoms. The van der Waals surface area contributed by atoms with Crippen LogP contribution in [0.3, 0.4) is 0 Å². The maximum absolute atomic E-state index is 13.0. The zero-order valence-electron chi connectivity index (χ0n) is 24.0. The molecule has 1 amide bonds. The number of carbonyl (C=O) groups is 1. The molecule has 4 aromatic carbocycles. The fraction of sp³-hybridized carbons (Fsp3) is 0.0811. The minimum atomic E-state index is -0.260. The van der Waals surface area contributed by atoms with Gasteiger partial charge in [-0.3, -0.25) is 4.79 Å². The molecular formula is C37H32N4O. The van der Waals surface area contributed by atoms with Crippen molar-refractivity contribution in [1.29, 1.82) is 0 Å². The summed E-state index contributed by atoms with van der Waals surface area (Å²) in [5, 5.41) is 4.28. The van der Waals surface area contributed by atoms with Crippen LogP contribution in [0.5, 0.6) is 0 Å². The molecule has 0 aliphatic rings. The van der Waals surface area contributed by atoms with E-state index in [-0.39, 0.29) is 5.91 Å². The van der Waals surface area contributed by atoms with Gasteiger partial charge in [0.05, 0.1) is 17.6 Å². The first-order chi connectivity index (χ1) is 20.5. The largest absolute Gasteiger partial charge is 0.318 e. The first kappa shape index (κ1) is 26.8. The molecule has 5 heteroatoms. The van der Waals surface area contributed by atoms with Gasteiger partial charge < -0.3 is 9.13 Å². The molecule has 6 aromatic rings. The molecule has 0 bridgehead atoms. The second-order valence-corrected chi connectivity index (χ2v) is 10.4. The molecule has 0 aliphatic heterocycles. The third-order valence-corrected chi connectivity index (χ3v) is 7.51. The molecule has 0 radical (unpaired) electrons. The van der Waals surface area contributed by atoms with Gasteiger partial charge in [0.2, 0.25) is 0 Å². The van der Waals surface area contributed by atoms with Crippen molar-refractivity contribution in [2.75, 3.05) is 0 Å². The highest BCUT2D eigenvalue weighted by atomic mass is 16.2. The summed E-state index contributed by atoms with van der Waals surface area (Å²) in [5.74, 6) is -0.260. The lowest BCUT2D eigenvalue weighted by Crippen LogP contribution is -2.17. The van der Waals surface area contributed by atoms with E-state index in [0.717, 1.165) is 50.8 Å². The summed E-state index contributed by atoms with van der Waals surface area (Å²) >= 11 is 0. The number of rotatable bonds is 7. The standard InChI is InChI=1S/C37H32N4O/c1-26-11-10-16-34(23-26)40-27(2)24-32(28(40)3)25-38-39-37(42)31-17-19-33(20-18-31)41-35(29-12-6-4-7-13-29)21-22-36(41)30-14-8-5-9-15-30/h4-25H,1-3H3,(H,39,42). The van der Waals surface area contributed by atoms with E-state index in [0.29, 0.717) is 5.56 Å². The normalized spacial score (nSPS) is 11.2. The molecule has 206 valence electrons. The highest BCUT2D eigenvalue weighted by Gasteiger charge is 2.15. The van der Waals surface area contributed by atoms with Crippen LogP contribution in [0.4, 0.5) is 0 Å². The number of carbonyl (C=O) groups excluding carboxylic acids is 1. The van der Waals surface area contributed by atoms with Crippen LogP contribution >= 0.6 is 0 Å². The lowest BCUT2D eigenvalue weighted by molar-refractivity contribution is 0.0955. The van der Waals surface area contributed by atoms with Crippen molar-refractivity contribution in [3.05, 3.63) is 155 Å². The molecule has 2 aromatic heterocycles.